The average Bonchev–Trinajstić information content (AvgIpc) is 2.33. The van der Waals surface area contributed by atoms with E-state index in [1.54, 1.807) is 0 Å². The summed E-state index contributed by atoms with van der Waals surface area (Å²) in [5.41, 5.74) is 0. The normalized spacial score (nSPS) is 14.4. The topological polar surface area (TPSA) is 17.1 Å². The summed E-state index contributed by atoms with van der Waals surface area (Å²) in [5, 5.41) is 0. The molecule has 0 radical (unpaired) electrons. The number of carbonyl (C=O) groups is 1. The van der Waals surface area contributed by atoms with Crippen molar-refractivity contribution in [3.63, 3.8) is 0 Å². The van der Waals surface area contributed by atoms with Crippen LogP contribution >= 0.6 is 0 Å². The van der Waals surface area contributed by atoms with Gasteiger partial charge < -0.3 is 0 Å². The molecule has 0 fully saturated rings. The summed E-state index contributed by atoms with van der Waals surface area (Å²) in [6.45, 7) is 8.83. The van der Waals surface area contributed by atoms with Crippen LogP contribution in [0.4, 0.5) is 0 Å². The van der Waals surface area contributed by atoms with E-state index in [0.29, 0.717) is 17.6 Å². The first-order valence-corrected chi connectivity index (χ1v) is 8.11. The summed E-state index contributed by atoms with van der Waals surface area (Å²) >= 11 is 0. The molecule has 0 heterocycles. The van der Waals surface area contributed by atoms with Crippen molar-refractivity contribution in [2.75, 3.05) is 0 Å². The smallest absolute Gasteiger partial charge is 0.133 e. The molecular formula is C17H34O. The van der Waals surface area contributed by atoms with Crippen molar-refractivity contribution in [1.29, 1.82) is 0 Å². The van der Waals surface area contributed by atoms with Crippen LogP contribution in [-0.2, 0) is 4.79 Å². The molecule has 0 aliphatic rings. The highest BCUT2D eigenvalue weighted by molar-refractivity contribution is 5.78. The zero-order valence-electron chi connectivity index (χ0n) is 13.1. The van der Waals surface area contributed by atoms with Crippen LogP contribution in [-0.4, -0.2) is 5.78 Å². The molecule has 2 atom stereocenters. The third-order valence-electron chi connectivity index (χ3n) is 3.90. The molecule has 2 unspecified atom stereocenters. The lowest BCUT2D eigenvalue weighted by Gasteiger charge is -2.12. The number of hydrogen-bond acceptors (Lipinski definition) is 1. The van der Waals surface area contributed by atoms with Gasteiger partial charge in [-0.2, -0.15) is 0 Å². The summed E-state index contributed by atoms with van der Waals surface area (Å²) in [6, 6.07) is 0. The lowest BCUT2D eigenvalue weighted by molar-refractivity contribution is -0.120. The summed E-state index contributed by atoms with van der Waals surface area (Å²) < 4.78 is 0. The van der Waals surface area contributed by atoms with Crippen LogP contribution in [0.25, 0.3) is 0 Å². The molecule has 0 aliphatic heterocycles. The number of ketones is 1. The zero-order chi connectivity index (χ0) is 13.8. The predicted molar refractivity (Wildman–Crippen MR) is 80.9 cm³/mol. The maximum Gasteiger partial charge on any atom is 0.133 e. The van der Waals surface area contributed by atoms with E-state index in [-0.39, 0.29) is 0 Å². The molecular weight excluding hydrogens is 220 g/mol. The second-order valence-corrected chi connectivity index (χ2v) is 6.12. The van der Waals surface area contributed by atoms with Crippen LogP contribution in [0.5, 0.6) is 0 Å². The number of Topliss-reactive ketones (excluding diaryl/α,β-unsaturated/α-hetero) is 1. The fraction of sp³-hybridized carbons (Fsp3) is 0.941. The lowest BCUT2D eigenvalue weighted by atomic mass is 9.93. The second-order valence-electron chi connectivity index (χ2n) is 6.12. The highest BCUT2D eigenvalue weighted by Crippen LogP contribution is 2.17. The Morgan fingerprint density at radius 2 is 1.39 bits per heavy atom. The van der Waals surface area contributed by atoms with Gasteiger partial charge in [0, 0.05) is 12.8 Å². The first-order chi connectivity index (χ1) is 8.60. The van der Waals surface area contributed by atoms with E-state index >= 15 is 0 Å². The Morgan fingerprint density at radius 1 is 0.833 bits per heavy atom. The Morgan fingerprint density at radius 3 is 2.00 bits per heavy atom. The van der Waals surface area contributed by atoms with E-state index in [2.05, 4.69) is 27.7 Å². The minimum Gasteiger partial charge on any atom is -0.300 e. The van der Waals surface area contributed by atoms with Gasteiger partial charge in [0.05, 0.1) is 0 Å². The lowest BCUT2D eigenvalue weighted by Crippen LogP contribution is -2.09. The van der Waals surface area contributed by atoms with Crippen LogP contribution in [0.1, 0.15) is 91.9 Å². The summed E-state index contributed by atoms with van der Waals surface area (Å²) in [5.74, 6) is 1.63. The summed E-state index contributed by atoms with van der Waals surface area (Å²) in [6.07, 6.45) is 12.1. The molecule has 0 N–H and O–H groups in total. The Bertz CT molecular complexity index is 198. The highest BCUT2D eigenvalue weighted by Gasteiger charge is 2.11. The van der Waals surface area contributed by atoms with Crippen molar-refractivity contribution in [1.82, 2.24) is 0 Å². The molecule has 0 aromatic heterocycles. The van der Waals surface area contributed by atoms with Crippen molar-refractivity contribution in [2.24, 2.45) is 11.8 Å². The van der Waals surface area contributed by atoms with Crippen molar-refractivity contribution in [2.45, 2.75) is 91.9 Å². The van der Waals surface area contributed by atoms with Crippen LogP contribution in [0.15, 0.2) is 0 Å². The maximum atomic E-state index is 11.8. The van der Waals surface area contributed by atoms with E-state index in [1.807, 2.05) is 0 Å². The highest BCUT2D eigenvalue weighted by atomic mass is 16.1. The number of hydrogen-bond donors (Lipinski definition) is 0. The van der Waals surface area contributed by atoms with Gasteiger partial charge in [-0.05, 0) is 11.8 Å². The van der Waals surface area contributed by atoms with Gasteiger partial charge in [0.2, 0.25) is 0 Å². The van der Waals surface area contributed by atoms with Gasteiger partial charge in [-0.15, -0.1) is 0 Å². The monoisotopic (exact) mass is 254 g/mol. The number of carbonyl (C=O) groups excluding carboxylic acids is 1. The molecule has 1 heteroatoms. The first-order valence-electron chi connectivity index (χ1n) is 8.11. The minimum atomic E-state index is 0.475. The Balaban J connectivity index is 3.46. The quantitative estimate of drug-likeness (QED) is 0.404. The van der Waals surface area contributed by atoms with Gasteiger partial charge >= 0.3 is 0 Å². The summed E-state index contributed by atoms with van der Waals surface area (Å²) in [4.78, 5) is 11.8. The van der Waals surface area contributed by atoms with Gasteiger partial charge in [-0.1, -0.05) is 79.1 Å². The molecule has 0 rings (SSSR count). The Labute approximate surface area is 115 Å². The maximum absolute atomic E-state index is 11.8. The van der Waals surface area contributed by atoms with Gasteiger partial charge in [0.15, 0.2) is 0 Å². The summed E-state index contributed by atoms with van der Waals surface area (Å²) in [7, 11) is 0. The van der Waals surface area contributed by atoms with Crippen LogP contribution < -0.4 is 0 Å². The Kier molecular flexibility index (Phi) is 11.5. The zero-order valence-corrected chi connectivity index (χ0v) is 13.1. The molecule has 0 aliphatic carbocycles. The second kappa shape index (κ2) is 11.7. The fourth-order valence-electron chi connectivity index (χ4n) is 2.38. The molecule has 0 amide bonds. The molecule has 1 nitrogen and oxygen atoms in total. The van der Waals surface area contributed by atoms with Crippen molar-refractivity contribution >= 4 is 5.78 Å². The van der Waals surface area contributed by atoms with Crippen LogP contribution in [0.2, 0.25) is 0 Å². The largest absolute Gasteiger partial charge is 0.300 e. The molecule has 18 heavy (non-hydrogen) atoms. The van der Waals surface area contributed by atoms with E-state index in [4.69, 9.17) is 0 Å². The van der Waals surface area contributed by atoms with E-state index in [1.165, 1.54) is 44.9 Å². The average molecular weight is 254 g/mol. The molecule has 0 aromatic rings. The predicted octanol–water partition coefficient (Wildman–Crippen LogP) is 5.77. The van der Waals surface area contributed by atoms with E-state index < -0.39 is 0 Å². The van der Waals surface area contributed by atoms with Crippen molar-refractivity contribution in [3.8, 4) is 0 Å². The van der Waals surface area contributed by atoms with Gasteiger partial charge in [0.1, 0.15) is 5.78 Å². The standard InChI is InChI=1S/C17H34O/c1-5-7-8-9-10-11-12-16(4)14-17(18)13-15(3)6-2/h15-16H,5-14H2,1-4H3. The molecule has 0 aromatic carbocycles. The number of rotatable bonds is 12. The molecule has 108 valence electrons. The van der Waals surface area contributed by atoms with Gasteiger partial charge in [-0.25, -0.2) is 0 Å². The Hall–Kier alpha value is -0.330. The van der Waals surface area contributed by atoms with Gasteiger partial charge in [-0.3, -0.25) is 4.79 Å². The van der Waals surface area contributed by atoms with E-state index in [0.717, 1.165) is 19.3 Å². The van der Waals surface area contributed by atoms with Gasteiger partial charge in [0.25, 0.3) is 0 Å². The third kappa shape index (κ3) is 10.8. The fourth-order valence-corrected chi connectivity index (χ4v) is 2.38. The number of unbranched alkanes of at least 4 members (excludes halogenated alkanes) is 5. The van der Waals surface area contributed by atoms with Crippen molar-refractivity contribution < 1.29 is 4.79 Å². The molecule has 0 saturated carbocycles. The van der Waals surface area contributed by atoms with Crippen LogP contribution in [0.3, 0.4) is 0 Å². The molecule has 0 saturated heterocycles. The van der Waals surface area contributed by atoms with E-state index in [9.17, 15) is 4.79 Å². The van der Waals surface area contributed by atoms with Crippen molar-refractivity contribution in [3.05, 3.63) is 0 Å². The molecule has 0 spiro atoms. The SMILES string of the molecule is CCCCCCCCC(C)CC(=O)CC(C)CC. The first kappa shape index (κ1) is 17.7. The third-order valence-corrected chi connectivity index (χ3v) is 3.90. The van der Waals surface area contributed by atoms with Crippen LogP contribution in [0, 0.1) is 11.8 Å². The minimum absolute atomic E-state index is 0.475. The molecule has 0 bridgehead atoms.